The van der Waals surface area contributed by atoms with E-state index in [0.29, 0.717) is 0 Å². The van der Waals surface area contributed by atoms with Gasteiger partial charge in [0.25, 0.3) is 0 Å². The lowest BCUT2D eigenvalue weighted by molar-refractivity contribution is 0.477. The average molecular weight is 1860 g/mol. The molecule has 0 heterocycles. The summed E-state index contributed by atoms with van der Waals surface area (Å²) in [6, 6.07) is 209. The van der Waals surface area contributed by atoms with Crippen LogP contribution in [0.1, 0.15) is 44.5 Å². The summed E-state index contributed by atoms with van der Waals surface area (Å²) in [5, 5.41) is 26.9. The lowest BCUT2D eigenvalue weighted by Gasteiger charge is -2.34. The zero-order valence-electron chi connectivity index (χ0n) is 80.2. The summed E-state index contributed by atoms with van der Waals surface area (Å²) in [7, 11) is 0. The van der Waals surface area contributed by atoms with Gasteiger partial charge < -0.3 is 20.0 Å². The SMILES string of the molecule is Oc1ccccc1-c1cccc(-c2ccccc2N(c2ccc(-c3ccc(-c4ccc5ccccc5c4)cc3)cc2)c2cccc(-c3cccc4c3-c3ccccc3C4(c3ccccc3)c3ccccc3)c2)c1.Oc1ccccc1-c1cccc(-c2ccccc2N(c2ccc(-c3ccc(-c4cccc5ccccc45)cc3)cc2)c2cccc(-c3cccc4c3-c3ccccc3C4(c3ccccc3)c3ccccc3)c2)c1. The number of nitrogens with zero attached hydrogens (tertiary/aromatic N) is 2. The van der Waals surface area contributed by atoms with Crippen LogP contribution in [0.2, 0.25) is 0 Å². The summed E-state index contributed by atoms with van der Waals surface area (Å²) in [4.78, 5) is 4.79. The van der Waals surface area contributed by atoms with Crippen LogP contribution >= 0.6 is 0 Å². The first-order chi connectivity index (χ1) is 72.2. The first-order valence-electron chi connectivity index (χ1n) is 50.1. The third-order valence-corrected chi connectivity index (χ3v) is 29.7. The van der Waals surface area contributed by atoms with Crippen LogP contribution in [0.25, 0.3) is 155 Å². The number of para-hydroxylation sites is 4. The quantitative estimate of drug-likeness (QED) is 0.0798. The van der Waals surface area contributed by atoms with Crippen molar-refractivity contribution >= 4 is 55.7 Å². The second-order valence-corrected chi connectivity index (χ2v) is 37.9. The molecule has 688 valence electrons. The van der Waals surface area contributed by atoms with Crippen LogP contribution < -0.4 is 9.80 Å². The van der Waals surface area contributed by atoms with Crippen molar-refractivity contribution in [1.82, 2.24) is 0 Å². The number of phenols is 2. The first-order valence-corrected chi connectivity index (χ1v) is 50.1. The Morgan fingerprint density at radius 2 is 0.425 bits per heavy atom. The van der Waals surface area contributed by atoms with E-state index in [2.05, 4.69) is 544 Å². The summed E-state index contributed by atoms with van der Waals surface area (Å²) in [6.45, 7) is 0. The van der Waals surface area contributed by atoms with Gasteiger partial charge in [-0.1, -0.05) is 491 Å². The van der Waals surface area contributed by atoms with Gasteiger partial charge in [-0.3, -0.25) is 0 Å². The fraction of sp³-hybridized carbons (Fsp3) is 0.0141. The van der Waals surface area contributed by atoms with Gasteiger partial charge in [-0.05, 0) is 268 Å². The smallest absolute Gasteiger partial charge is 0.123 e. The zero-order chi connectivity index (χ0) is 97.4. The molecule has 4 nitrogen and oxygen atoms in total. The molecule has 2 aliphatic carbocycles. The van der Waals surface area contributed by atoms with E-state index in [0.717, 1.165) is 112 Å². The Balaban J connectivity index is 0.000000152. The van der Waals surface area contributed by atoms with Gasteiger partial charge in [-0.25, -0.2) is 0 Å². The van der Waals surface area contributed by atoms with Gasteiger partial charge in [-0.2, -0.15) is 0 Å². The van der Waals surface area contributed by atoms with E-state index in [1.165, 1.54) is 122 Å². The topological polar surface area (TPSA) is 46.9 Å². The number of rotatable bonds is 20. The largest absolute Gasteiger partial charge is 0.507 e. The third kappa shape index (κ3) is 15.9. The van der Waals surface area contributed by atoms with Crippen molar-refractivity contribution in [3.05, 3.63) is 627 Å². The summed E-state index contributed by atoms with van der Waals surface area (Å²) < 4.78 is 0. The minimum Gasteiger partial charge on any atom is -0.507 e. The Morgan fingerprint density at radius 1 is 0.144 bits per heavy atom. The molecule has 0 radical (unpaired) electrons. The van der Waals surface area contributed by atoms with Gasteiger partial charge in [0.1, 0.15) is 11.5 Å². The molecule has 0 aromatic heterocycles. The standard InChI is InChI=1S/2C71H49NO/c73-69-38-14-11-31-63(69)54-22-15-21-53(47-54)62-30-10-13-37-68(62)72(58-45-43-50(44-46-58)49-39-41-52(42-40-49)61-33-17-20-51-19-7-8-29-60(51)61)59-28-16-23-55(48-59)64-34-18-36-67-70(64)65-32-9-12-35-66(65)71(67,56-24-3-1-4-25-56)57-26-5-2-6-27-57;73-69-35-14-11-29-63(69)56-21-15-20-55(47-56)62-28-10-13-34-68(62)72(60-44-42-51(43-45-60)50-36-38-52(39-37-50)54-41-40-49-18-7-8-19-53(49)46-54)61-27-16-22-57(48-61)64-31-17-33-67-70(64)65-30-9-12-32-66(65)71(67,58-23-3-1-4-24-58)59-25-5-2-6-26-59/h2*1-48,73H. The number of fused-ring (bicyclic) bond motifs is 8. The Morgan fingerprint density at radius 3 is 0.856 bits per heavy atom. The molecule has 146 heavy (non-hydrogen) atoms. The highest BCUT2D eigenvalue weighted by Gasteiger charge is 2.49. The first kappa shape index (κ1) is 88.4. The van der Waals surface area contributed by atoms with Crippen LogP contribution in [0.5, 0.6) is 11.5 Å². The highest BCUT2D eigenvalue weighted by molar-refractivity contribution is 6.02. The monoisotopic (exact) mass is 1860 g/mol. The summed E-state index contributed by atoms with van der Waals surface area (Å²) in [6.07, 6.45) is 0. The van der Waals surface area contributed by atoms with Gasteiger partial charge in [0.15, 0.2) is 0 Å². The molecule has 0 bridgehead atoms. The average Bonchev–Trinajstić information content (AvgIpc) is 1.53. The van der Waals surface area contributed by atoms with Crippen LogP contribution in [0, 0.1) is 0 Å². The molecule has 2 N–H and O–H groups in total. The van der Waals surface area contributed by atoms with Crippen LogP contribution in [0.15, 0.2) is 582 Å². The number of anilines is 6. The van der Waals surface area contributed by atoms with Crippen LogP contribution in [-0.4, -0.2) is 10.2 Å². The molecule has 0 saturated heterocycles. The summed E-state index contributed by atoms with van der Waals surface area (Å²) >= 11 is 0. The van der Waals surface area contributed by atoms with Crippen molar-refractivity contribution in [3.63, 3.8) is 0 Å². The minimum absolute atomic E-state index is 0.259. The highest BCUT2D eigenvalue weighted by Crippen LogP contribution is 2.62. The van der Waals surface area contributed by atoms with Gasteiger partial charge in [0.05, 0.1) is 22.2 Å². The third-order valence-electron chi connectivity index (χ3n) is 29.7. The van der Waals surface area contributed by atoms with Crippen molar-refractivity contribution in [2.45, 2.75) is 10.8 Å². The van der Waals surface area contributed by atoms with E-state index in [1.54, 1.807) is 12.1 Å². The van der Waals surface area contributed by atoms with E-state index in [4.69, 9.17) is 0 Å². The van der Waals surface area contributed by atoms with E-state index < -0.39 is 10.8 Å². The number of phenolic OH excluding ortho intramolecular Hbond substituents is 2. The van der Waals surface area contributed by atoms with Gasteiger partial charge in [-0.15, -0.1) is 0 Å². The highest BCUT2D eigenvalue weighted by atomic mass is 16.3. The van der Waals surface area contributed by atoms with Gasteiger partial charge in [0.2, 0.25) is 0 Å². The maximum absolute atomic E-state index is 10.9. The van der Waals surface area contributed by atoms with Crippen molar-refractivity contribution in [2.24, 2.45) is 0 Å². The van der Waals surface area contributed by atoms with E-state index >= 15 is 0 Å². The fourth-order valence-electron chi connectivity index (χ4n) is 23.1. The summed E-state index contributed by atoms with van der Waals surface area (Å²) in [5.41, 5.74) is 42.2. The van der Waals surface area contributed by atoms with Crippen molar-refractivity contribution in [1.29, 1.82) is 0 Å². The number of benzene rings is 24. The molecule has 0 unspecified atom stereocenters. The lowest BCUT2D eigenvalue weighted by Crippen LogP contribution is -2.28. The zero-order valence-corrected chi connectivity index (χ0v) is 80.2. The molecule has 0 saturated carbocycles. The normalized spacial score (nSPS) is 12.3. The second kappa shape index (κ2) is 38.2. The fourth-order valence-corrected chi connectivity index (χ4v) is 23.1. The molecule has 26 rings (SSSR count). The molecule has 0 fully saturated rings. The minimum atomic E-state index is -0.504. The Labute approximate surface area is 852 Å². The molecular weight excluding hydrogens is 1770 g/mol. The molecule has 4 heteroatoms. The second-order valence-electron chi connectivity index (χ2n) is 37.9. The molecule has 0 amide bonds. The molecule has 24 aromatic rings. The molecule has 0 aliphatic heterocycles. The van der Waals surface area contributed by atoms with Crippen molar-refractivity contribution < 1.29 is 10.2 Å². The molecule has 0 atom stereocenters. The Bertz CT molecular complexity index is 8900. The number of aromatic hydroxyl groups is 2. The Hall–Kier alpha value is -19.0. The predicted octanol–water partition coefficient (Wildman–Crippen LogP) is 37.4. The van der Waals surface area contributed by atoms with Gasteiger partial charge >= 0.3 is 0 Å². The predicted molar refractivity (Wildman–Crippen MR) is 610 cm³/mol. The molecule has 2 aliphatic rings. The van der Waals surface area contributed by atoms with E-state index in [-0.39, 0.29) is 11.5 Å². The lowest BCUT2D eigenvalue weighted by atomic mass is 9.67. The molecule has 24 aromatic carbocycles. The van der Waals surface area contributed by atoms with Crippen LogP contribution in [-0.2, 0) is 10.8 Å². The maximum atomic E-state index is 10.9. The molecule has 0 spiro atoms. The van der Waals surface area contributed by atoms with E-state index in [1.807, 2.05) is 36.4 Å². The molecular formula is C142H98N2O2. The van der Waals surface area contributed by atoms with Gasteiger partial charge in [0, 0.05) is 45.0 Å². The Kier molecular flexibility index (Phi) is 23.1. The maximum Gasteiger partial charge on any atom is 0.123 e. The van der Waals surface area contributed by atoms with Crippen LogP contribution in [0.3, 0.4) is 0 Å². The van der Waals surface area contributed by atoms with E-state index in [9.17, 15) is 10.2 Å². The van der Waals surface area contributed by atoms with Crippen molar-refractivity contribution in [2.75, 3.05) is 9.80 Å². The van der Waals surface area contributed by atoms with Crippen LogP contribution in [0.4, 0.5) is 34.1 Å². The van der Waals surface area contributed by atoms with Crippen molar-refractivity contribution in [3.8, 4) is 145 Å². The number of hydrogen-bond acceptors (Lipinski definition) is 4. The summed E-state index contributed by atoms with van der Waals surface area (Å²) in [5.74, 6) is 0.518. The number of hydrogen-bond donors (Lipinski definition) is 2.